The van der Waals surface area contributed by atoms with Gasteiger partial charge in [-0.1, -0.05) is 12.1 Å². The van der Waals surface area contributed by atoms with Gasteiger partial charge in [0.25, 0.3) is 0 Å². The summed E-state index contributed by atoms with van der Waals surface area (Å²) in [4.78, 5) is 11.9. The summed E-state index contributed by atoms with van der Waals surface area (Å²) in [5.41, 5.74) is 1.10. The summed E-state index contributed by atoms with van der Waals surface area (Å²) in [6, 6.07) is 5.86. The molecule has 0 aromatic heterocycles. The van der Waals surface area contributed by atoms with Gasteiger partial charge in [0, 0.05) is 6.54 Å². The van der Waals surface area contributed by atoms with E-state index in [9.17, 15) is 4.79 Å². The van der Waals surface area contributed by atoms with E-state index in [1.807, 2.05) is 18.2 Å². The quantitative estimate of drug-likeness (QED) is 0.590. The molecule has 1 aliphatic rings. The lowest BCUT2D eigenvalue weighted by atomic mass is 10.1. The smallest absolute Gasteiger partial charge is 0.248 e. The predicted molar refractivity (Wildman–Crippen MR) is 84.4 cm³/mol. The number of benzene rings is 1. The fourth-order valence-corrected chi connectivity index (χ4v) is 2.12. The van der Waals surface area contributed by atoms with Crippen LogP contribution < -0.4 is 14.8 Å². The number of rotatable bonds is 8. The van der Waals surface area contributed by atoms with Gasteiger partial charge in [0.1, 0.15) is 19.3 Å². The first-order valence-corrected chi connectivity index (χ1v) is 7.59. The molecule has 120 valence electrons. The Balaban J connectivity index is 1.73. The van der Waals surface area contributed by atoms with E-state index in [2.05, 4.69) is 11.9 Å². The predicted octanol–water partition coefficient (Wildman–Crippen LogP) is 2.10. The van der Waals surface area contributed by atoms with E-state index < -0.39 is 6.10 Å². The average molecular weight is 305 g/mol. The topological polar surface area (TPSA) is 56.8 Å². The van der Waals surface area contributed by atoms with Crippen molar-refractivity contribution in [2.75, 3.05) is 26.4 Å². The van der Waals surface area contributed by atoms with Crippen LogP contribution in [0.5, 0.6) is 11.5 Å². The minimum atomic E-state index is -0.444. The molecule has 5 heteroatoms. The molecule has 1 heterocycles. The first-order chi connectivity index (χ1) is 10.7. The van der Waals surface area contributed by atoms with Crippen molar-refractivity contribution in [2.24, 2.45) is 0 Å². The van der Waals surface area contributed by atoms with Crippen molar-refractivity contribution in [3.8, 4) is 11.5 Å². The van der Waals surface area contributed by atoms with E-state index in [-0.39, 0.29) is 5.91 Å². The molecule has 5 nitrogen and oxygen atoms in total. The number of ether oxygens (including phenoxy) is 3. The maximum absolute atomic E-state index is 11.9. The molecule has 1 aliphatic heterocycles. The number of hydrogen-bond acceptors (Lipinski definition) is 4. The molecule has 0 bridgehead atoms. The molecule has 0 unspecified atom stereocenters. The van der Waals surface area contributed by atoms with Crippen LogP contribution in [0.4, 0.5) is 0 Å². The number of carbonyl (C=O) groups excluding carboxylic acids is 1. The van der Waals surface area contributed by atoms with E-state index in [1.165, 1.54) is 0 Å². The summed E-state index contributed by atoms with van der Waals surface area (Å²) in [6.45, 7) is 7.61. The van der Waals surface area contributed by atoms with Crippen LogP contribution in [0.1, 0.15) is 18.9 Å². The zero-order valence-corrected chi connectivity index (χ0v) is 13.0. The second-order valence-electron chi connectivity index (χ2n) is 5.11. The molecule has 22 heavy (non-hydrogen) atoms. The molecule has 0 saturated carbocycles. The number of nitrogens with one attached hydrogen (secondary N) is 1. The summed E-state index contributed by atoms with van der Waals surface area (Å²) >= 11 is 0. The standard InChI is InChI=1S/C17H23NO4/c1-3-4-9-20-13(2)17(19)18-8-7-14-5-6-15-16(12-14)22-11-10-21-15/h3,5-6,12-13H,1,4,7-11H2,2H3,(H,18,19)/t13-/m1/s1. The molecule has 0 radical (unpaired) electrons. The summed E-state index contributed by atoms with van der Waals surface area (Å²) in [5, 5.41) is 2.88. The first-order valence-electron chi connectivity index (χ1n) is 7.59. The molecule has 0 aliphatic carbocycles. The van der Waals surface area contributed by atoms with Crippen LogP contribution in [0.15, 0.2) is 30.9 Å². The lowest BCUT2D eigenvalue weighted by Crippen LogP contribution is -2.35. The Morgan fingerprint density at radius 2 is 2.18 bits per heavy atom. The molecular weight excluding hydrogens is 282 g/mol. The van der Waals surface area contributed by atoms with E-state index in [0.29, 0.717) is 26.4 Å². The lowest BCUT2D eigenvalue weighted by molar-refractivity contribution is -0.131. The third kappa shape index (κ3) is 4.77. The minimum absolute atomic E-state index is 0.0957. The van der Waals surface area contributed by atoms with Crippen LogP contribution in [-0.4, -0.2) is 38.4 Å². The number of hydrogen-bond donors (Lipinski definition) is 1. The van der Waals surface area contributed by atoms with Gasteiger partial charge in [-0.05, 0) is 37.5 Å². The third-order valence-electron chi connectivity index (χ3n) is 3.38. The van der Waals surface area contributed by atoms with Crippen LogP contribution in [0.2, 0.25) is 0 Å². The lowest BCUT2D eigenvalue weighted by Gasteiger charge is -2.19. The number of amides is 1. The first kappa shape index (κ1) is 16.4. The normalized spacial score (nSPS) is 14.2. The molecule has 1 aromatic carbocycles. The van der Waals surface area contributed by atoms with Gasteiger partial charge in [-0.3, -0.25) is 4.79 Å². The van der Waals surface area contributed by atoms with Gasteiger partial charge in [-0.2, -0.15) is 0 Å². The zero-order valence-electron chi connectivity index (χ0n) is 13.0. The van der Waals surface area contributed by atoms with Crippen LogP contribution in [0, 0.1) is 0 Å². The second-order valence-corrected chi connectivity index (χ2v) is 5.11. The van der Waals surface area contributed by atoms with Crippen molar-refractivity contribution in [2.45, 2.75) is 25.9 Å². The Kier molecular flexibility index (Phi) is 6.27. The van der Waals surface area contributed by atoms with Gasteiger partial charge in [0.2, 0.25) is 5.91 Å². The van der Waals surface area contributed by atoms with Gasteiger partial charge < -0.3 is 19.5 Å². The number of fused-ring (bicyclic) bond motifs is 1. The molecule has 0 fully saturated rings. The monoisotopic (exact) mass is 305 g/mol. The van der Waals surface area contributed by atoms with Crippen LogP contribution in [0.25, 0.3) is 0 Å². The molecule has 0 saturated heterocycles. The Morgan fingerprint density at radius 1 is 1.41 bits per heavy atom. The highest BCUT2D eigenvalue weighted by Crippen LogP contribution is 2.30. The van der Waals surface area contributed by atoms with Crippen LogP contribution in [-0.2, 0) is 16.0 Å². The molecule has 1 atom stereocenters. The minimum Gasteiger partial charge on any atom is -0.486 e. The highest BCUT2D eigenvalue weighted by molar-refractivity contribution is 5.80. The van der Waals surface area contributed by atoms with Gasteiger partial charge in [-0.15, -0.1) is 6.58 Å². The van der Waals surface area contributed by atoms with E-state index >= 15 is 0 Å². The molecule has 1 amide bonds. The van der Waals surface area contributed by atoms with Crippen molar-refractivity contribution >= 4 is 5.91 Å². The fourth-order valence-electron chi connectivity index (χ4n) is 2.12. The van der Waals surface area contributed by atoms with Gasteiger partial charge in [-0.25, -0.2) is 0 Å². The van der Waals surface area contributed by atoms with Gasteiger partial charge >= 0.3 is 0 Å². The fraction of sp³-hybridized carbons (Fsp3) is 0.471. The van der Waals surface area contributed by atoms with Crippen molar-refractivity contribution in [3.63, 3.8) is 0 Å². The van der Waals surface area contributed by atoms with Gasteiger partial charge in [0.15, 0.2) is 11.5 Å². The van der Waals surface area contributed by atoms with Crippen LogP contribution in [0.3, 0.4) is 0 Å². The zero-order chi connectivity index (χ0) is 15.8. The second kappa shape index (κ2) is 8.44. The molecular formula is C17H23NO4. The van der Waals surface area contributed by atoms with E-state index in [1.54, 1.807) is 13.0 Å². The Hall–Kier alpha value is -2.01. The van der Waals surface area contributed by atoms with Crippen molar-refractivity contribution in [1.82, 2.24) is 5.32 Å². The molecule has 0 spiro atoms. The molecule has 2 rings (SSSR count). The Morgan fingerprint density at radius 3 is 2.95 bits per heavy atom. The molecule has 1 aromatic rings. The van der Waals surface area contributed by atoms with E-state index in [0.717, 1.165) is 29.9 Å². The summed E-state index contributed by atoms with van der Waals surface area (Å²) in [6.07, 6.45) is 2.81. The summed E-state index contributed by atoms with van der Waals surface area (Å²) in [5.74, 6) is 1.46. The molecule has 1 N–H and O–H groups in total. The van der Waals surface area contributed by atoms with Gasteiger partial charge in [0.05, 0.1) is 6.61 Å². The number of carbonyl (C=O) groups is 1. The summed E-state index contributed by atoms with van der Waals surface area (Å²) in [7, 11) is 0. The highest BCUT2D eigenvalue weighted by atomic mass is 16.6. The Labute approximate surface area is 131 Å². The largest absolute Gasteiger partial charge is 0.486 e. The average Bonchev–Trinajstić information content (AvgIpc) is 2.54. The van der Waals surface area contributed by atoms with E-state index in [4.69, 9.17) is 14.2 Å². The maximum Gasteiger partial charge on any atom is 0.248 e. The van der Waals surface area contributed by atoms with Crippen molar-refractivity contribution < 1.29 is 19.0 Å². The van der Waals surface area contributed by atoms with Crippen LogP contribution >= 0.6 is 0 Å². The van der Waals surface area contributed by atoms with Crippen molar-refractivity contribution in [1.29, 1.82) is 0 Å². The van der Waals surface area contributed by atoms with Crippen molar-refractivity contribution in [3.05, 3.63) is 36.4 Å². The SMILES string of the molecule is C=CCCO[C@H](C)C(=O)NCCc1ccc2c(c1)OCCO2. The Bertz CT molecular complexity index is 515. The maximum atomic E-state index is 11.9. The summed E-state index contributed by atoms with van der Waals surface area (Å²) < 4.78 is 16.4. The third-order valence-corrected chi connectivity index (χ3v) is 3.38. The highest BCUT2D eigenvalue weighted by Gasteiger charge is 2.13.